The second-order valence-electron chi connectivity index (χ2n) is 3.31. The van der Waals surface area contributed by atoms with Crippen LogP contribution in [0.3, 0.4) is 0 Å². The Kier molecular flexibility index (Phi) is 6.73. The van der Waals surface area contributed by atoms with Crippen LogP contribution >= 0.6 is 0 Å². The van der Waals surface area contributed by atoms with Gasteiger partial charge in [-0.3, -0.25) is 0 Å². The molecule has 0 fully saturated rings. The highest BCUT2D eigenvalue weighted by Gasteiger charge is 2.02. The Bertz CT molecular complexity index is 142. The number of nitrogens with zero attached hydrogens (tertiary/aromatic N) is 1. The lowest BCUT2D eigenvalue weighted by molar-refractivity contribution is 0.260. The van der Waals surface area contributed by atoms with Crippen LogP contribution in [0.25, 0.3) is 0 Å². The van der Waals surface area contributed by atoms with Crippen LogP contribution in [-0.2, 0) is 0 Å². The number of nitriles is 1. The first-order chi connectivity index (χ1) is 5.70. The third kappa shape index (κ3) is 6.14. The molecule has 70 valence electrons. The van der Waals surface area contributed by atoms with Gasteiger partial charge in [0.1, 0.15) is 0 Å². The van der Waals surface area contributed by atoms with Crippen LogP contribution in [0.15, 0.2) is 0 Å². The van der Waals surface area contributed by atoms with Gasteiger partial charge in [0, 0.05) is 13.2 Å². The molecule has 0 bridgehead atoms. The molecule has 0 aliphatic heterocycles. The van der Waals surface area contributed by atoms with E-state index < -0.39 is 0 Å². The zero-order valence-corrected chi connectivity index (χ0v) is 7.88. The van der Waals surface area contributed by atoms with Gasteiger partial charge in [0.15, 0.2) is 0 Å². The van der Waals surface area contributed by atoms with Crippen molar-refractivity contribution in [3.05, 3.63) is 0 Å². The Balaban J connectivity index is 3.25. The Morgan fingerprint density at radius 2 is 2.08 bits per heavy atom. The second-order valence-corrected chi connectivity index (χ2v) is 3.31. The molecule has 0 rings (SSSR count). The van der Waals surface area contributed by atoms with Crippen molar-refractivity contribution in [2.24, 2.45) is 11.8 Å². The summed E-state index contributed by atoms with van der Waals surface area (Å²) in [5.74, 6) is 0.562. The summed E-state index contributed by atoms with van der Waals surface area (Å²) in [7, 11) is 0. The predicted molar refractivity (Wildman–Crippen MR) is 48.5 cm³/mol. The Hall–Kier alpha value is -0.590. The van der Waals surface area contributed by atoms with E-state index in [9.17, 15) is 0 Å². The molecule has 0 aliphatic rings. The molecule has 0 spiro atoms. The summed E-state index contributed by atoms with van der Waals surface area (Å²) in [4.78, 5) is 0. The fraction of sp³-hybridized carbons (Fsp3) is 0.889. The lowest BCUT2D eigenvalue weighted by Gasteiger charge is -2.11. The molecule has 0 radical (unpaired) electrons. The van der Waals surface area contributed by atoms with E-state index in [0.29, 0.717) is 5.92 Å². The molecule has 2 atom stereocenters. The van der Waals surface area contributed by atoms with E-state index in [4.69, 9.17) is 10.4 Å². The molecule has 2 N–H and O–H groups in total. The number of aliphatic hydroxyl groups is 1. The first-order valence-corrected chi connectivity index (χ1v) is 4.42. The normalized spacial score (nSPS) is 15.2. The van der Waals surface area contributed by atoms with Gasteiger partial charge in [0.25, 0.3) is 0 Å². The van der Waals surface area contributed by atoms with Crippen molar-refractivity contribution in [3.8, 4) is 6.07 Å². The lowest BCUT2D eigenvalue weighted by Crippen LogP contribution is -2.26. The average molecular weight is 170 g/mol. The highest BCUT2D eigenvalue weighted by molar-refractivity contribution is 4.80. The van der Waals surface area contributed by atoms with Crippen molar-refractivity contribution >= 4 is 0 Å². The molecule has 0 aromatic rings. The van der Waals surface area contributed by atoms with Crippen molar-refractivity contribution in [1.82, 2.24) is 5.32 Å². The second kappa shape index (κ2) is 7.08. The van der Waals surface area contributed by atoms with E-state index in [1.165, 1.54) is 0 Å². The molecule has 0 aliphatic carbocycles. The van der Waals surface area contributed by atoms with Crippen molar-refractivity contribution in [2.75, 3.05) is 19.7 Å². The number of hydrogen-bond donors (Lipinski definition) is 2. The quantitative estimate of drug-likeness (QED) is 0.618. The average Bonchev–Trinajstić information content (AvgIpc) is 2.04. The Labute approximate surface area is 74.4 Å². The molecule has 0 saturated carbocycles. The predicted octanol–water partition coefficient (Wildman–Crippen LogP) is 0.754. The van der Waals surface area contributed by atoms with Crippen LogP contribution in [0.1, 0.15) is 20.3 Å². The highest BCUT2D eigenvalue weighted by atomic mass is 16.3. The van der Waals surface area contributed by atoms with Gasteiger partial charge < -0.3 is 10.4 Å². The fourth-order valence-electron chi connectivity index (χ4n) is 0.914. The zero-order valence-electron chi connectivity index (χ0n) is 7.88. The Morgan fingerprint density at radius 1 is 1.42 bits per heavy atom. The lowest BCUT2D eigenvalue weighted by atomic mass is 10.1. The molecule has 3 nitrogen and oxygen atoms in total. The fourth-order valence-corrected chi connectivity index (χ4v) is 0.914. The van der Waals surface area contributed by atoms with Gasteiger partial charge in [-0.25, -0.2) is 0 Å². The third-order valence-electron chi connectivity index (χ3n) is 1.79. The summed E-state index contributed by atoms with van der Waals surface area (Å²) < 4.78 is 0. The van der Waals surface area contributed by atoms with E-state index >= 15 is 0 Å². The number of aliphatic hydroxyl groups excluding tert-OH is 1. The first kappa shape index (κ1) is 11.4. The van der Waals surface area contributed by atoms with Gasteiger partial charge >= 0.3 is 0 Å². The van der Waals surface area contributed by atoms with E-state index in [-0.39, 0.29) is 12.5 Å². The van der Waals surface area contributed by atoms with Gasteiger partial charge in [-0.2, -0.15) is 5.26 Å². The summed E-state index contributed by atoms with van der Waals surface area (Å²) in [6.45, 7) is 5.85. The van der Waals surface area contributed by atoms with Crippen molar-refractivity contribution in [2.45, 2.75) is 20.3 Å². The molecule has 0 aromatic heterocycles. The van der Waals surface area contributed by atoms with Gasteiger partial charge in [-0.1, -0.05) is 6.92 Å². The van der Waals surface area contributed by atoms with E-state index in [2.05, 4.69) is 18.3 Å². The summed E-state index contributed by atoms with van der Waals surface area (Å²) in [6, 6.07) is 2.16. The van der Waals surface area contributed by atoms with E-state index in [1.54, 1.807) is 0 Å². The van der Waals surface area contributed by atoms with Gasteiger partial charge in [-0.05, 0) is 25.8 Å². The minimum Gasteiger partial charge on any atom is -0.396 e. The highest BCUT2D eigenvalue weighted by Crippen LogP contribution is 1.98. The summed E-state index contributed by atoms with van der Waals surface area (Å²) in [5.41, 5.74) is 0. The maximum absolute atomic E-state index is 8.61. The van der Waals surface area contributed by atoms with Crippen molar-refractivity contribution < 1.29 is 5.11 Å². The number of hydrogen-bond acceptors (Lipinski definition) is 3. The van der Waals surface area contributed by atoms with Gasteiger partial charge in [-0.15, -0.1) is 0 Å². The maximum Gasteiger partial charge on any atom is 0.0666 e. The smallest absolute Gasteiger partial charge is 0.0666 e. The third-order valence-corrected chi connectivity index (χ3v) is 1.79. The standard InChI is InChI=1S/C9H18N2O/c1-8(3-4-12)6-11-7-9(2)5-10/h8-9,11-12H,3-4,6-7H2,1-2H3. The Morgan fingerprint density at radius 3 is 2.58 bits per heavy atom. The molecule has 0 saturated heterocycles. The van der Waals surface area contributed by atoms with Crippen LogP contribution in [0.5, 0.6) is 0 Å². The number of rotatable bonds is 6. The molecule has 3 heteroatoms. The molecule has 0 heterocycles. The number of nitrogens with one attached hydrogen (secondary N) is 1. The van der Waals surface area contributed by atoms with Crippen molar-refractivity contribution in [1.29, 1.82) is 5.26 Å². The van der Waals surface area contributed by atoms with Crippen LogP contribution < -0.4 is 5.32 Å². The van der Waals surface area contributed by atoms with Gasteiger partial charge in [0.2, 0.25) is 0 Å². The largest absolute Gasteiger partial charge is 0.396 e. The molecule has 0 aromatic carbocycles. The maximum atomic E-state index is 8.61. The first-order valence-electron chi connectivity index (χ1n) is 4.42. The molecule has 12 heavy (non-hydrogen) atoms. The van der Waals surface area contributed by atoms with E-state index in [0.717, 1.165) is 19.5 Å². The van der Waals surface area contributed by atoms with Crippen molar-refractivity contribution in [3.63, 3.8) is 0 Å². The minimum absolute atomic E-state index is 0.0753. The minimum atomic E-state index is 0.0753. The van der Waals surface area contributed by atoms with Crippen LogP contribution in [0, 0.1) is 23.2 Å². The molecule has 0 amide bonds. The van der Waals surface area contributed by atoms with Crippen LogP contribution in [0.4, 0.5) is 0 Å². The molecule has 2 unspecified atom stereocenters. The summed E-state index contributed by atoms with van der Waals surface area (Å²) in [5, 5.41) is 20.3. The monoisotopic (exact) mass is 170 g/mol. The van der Waals surface area contributed by atoms with Crippen LogP contribution in [0.2, 0.25) is 0 Å². The summed E-state index contributed by atoms with van der Waals surface area (Å²) >= 11 is 0. The van der Waals surface area contributed by atoms with Gasteiger partial charge in [0.05, 0.1) is 12.0 Å². The summed E-state index contributed by atoms with van der Waals surface area (Å²) in [6.07, 6.45) is 0.827. The molecular formula is C9H18N2O. The zero-order chi connectivity index (χ0) is 9.40. The van der Waals surface area contributed by atoms with E-state index in [1.807, 2.05) is 6.92 Å². The SMILES string of the molecule is CC(C#N)CNCC(C)CCO. The molecular weight excluding hydrogens is 152 g/mol. The van der Waals surface area contributed by atoms with Crippen LogP contribution in [-0.4, -0.2) is 24.8 Å². The topological polar surface area (TPSA) is 56.0 Å².